The largest absolute Gasteiger partial charge is 0.420 e. The van der Waals surface area contributed by atoms with Crippen LogP contribution in [0.4, 0.5) is 0 Å². The highest BCUT2D eigenvalue weighted by molar-refractivity contribution is 7.89. The second-order valence-corrected chi connectivity index (χ2v) is 11.5. The number of benzene rings is 1. The Morgan fingerprint density at radius 2 is 1.75 bits per heavy atom. The number of carbonyl (C=O) groups excluding carboxylic acids is 1. The van der Waals surface area contributed by atoms with Gasteiger partial charge in [0.1, 0.15) is 6.54 Å². The number of nitrogens with one attached hydrogen (secondary N) is 1. The molecular formula is C23H33N3O5S. The maximum Gasteiger partial charge on any atom is 0.420 e. The number of hydrogen-bond acceptors (Lipinski definition) is 5. The fourth-order valence-electron chi connectivity index (χ4n) is 5.15. The summed E-state index contributed by atoms with van der Waals surface area (Å²) in [6.07, 6.45) is 7.52. The molecule has 2 fully saturated rings. The van der Waals surface area contributed by atoms with Crippen LogP contribution in [0.15, 0.2) is 32.3 Å². The Labute approximate surface area is 189 Å². The Morgan fingerprint density at radius 1 is 1.09 bits per heavy atom. The molecule has 1 N–H and O–H groups in total. The van der Waals surface area contributed by atoms with Crippen molar-refractivity contribution < 1.29 is 17.6 Å². The topological polar surface area (TPSA) is 102 Å². The monoisotopic (exact) mass is 463 g/mol. The van der Waals surface area contributed by atoms with Crippen molar-refractivity contribution in [1.29, 1.82) is 0 Å². The molecule has 1 saturated carbocycles. The number of nitrogens with zero attached hydrogens (tertiary/aromatic N) is 2. The lowest BCUT2D eigenvalue weighted by Crippen LogP contribution is -2.42. The Balaban J connectivity index is 1.54. The van der Waals surface area contributed by atoms with E-state index in [1.165, 1.54) is 33.8 Å². The van der Waals surface area contributed by atoms with Gasteiger partial charge in [-0.3, -0.25) is 9.36 Å². The lowest BCUT2D eigenvalue weighted by atomic mass is 9.94. The number of fused-ring (bicyclic) bond motifs is 1. The molecule has 1 saturated heterocycles. The maximum absolute atomic E-state index is 13.2. The van der Waals surface area contributed by atoms with E-state index in [9.17, 15) is 18.0 Å². The zero-order valence-electron chi connectivity index (χ0n) is 18.9. The average molecular weight is 464 g/mol. The van der Waals surface area contributed by atoms with Crippen LogP contribution in [0.2, 0.25) is 0 Å². The summed E-state index contributed by atoms with van der Waals surface area (Å²) in [5.41, 5.74) is 0.599. The molecular weight excluding hydrogens is 430 g/mol. The number of hydrogen-bond donors (Lipinski definition) is 1. The first-order valence-electron chi connectivity index (χ1n) is 11.7. The third-order valence-corrected chi connectivity index (χ3v) is 8.46. The minimum Gasteiger partial charge on any atom is -0.408 e. The maximum atomic E-state index is 13.2. The summed E-state index contributed by atoms with van der Waals surface area (Å²) in [6, 6.07) is 4.60. The van der Waals surface area contributed by atoms with Gasteiger partial charge in [0, 0.05) is 25.2 Å². The molecule has 1 aromatic carbocycles. The molecule has 176 valence electrons. The lowest BCUT2D eigenvalue weighted by Gasteiger charge is -2.34. The predicted molar refractivity (Wildman–Crippen MR) is 122 cm³/mol. The van der Waals surface area contributed by atoms with E-state index in [2.05, 4.69) is 19.2 Å². The summed E-state index contributed by atoms with van der Waals surface area (Å²) in [4.78, 5) is 25.1. The van der Waals surface area contributed by atoms with Gasteiger partial charge in [-0.15, -0.1) is 0 Å². The number of oxazole rings is 1. The zero-order chi connectivity index (χ0) is 22.9. The van der Waals surface area contributed by atoms with Gasteiger partial charge in [-0.1, -0.05) is 39.5 Å². The first-order valence-corrected chi connectivity index (χ1v) is 13.1. The van der Waals surface area contributed by atoms with E-state index < -0.39 is 15.8 Å². The number of sulfonamides is 1. The molecule has 2 aromatic rings. The van der Waals surface area contributed by atoms with E-state index in [1.807, 2.05) is 0 Å². The number of aromatic nitrogens is 1. The minimum absolute atomic E-state index is 0.107. The summed E-state index contributed by atoms with van der Waals surface area (Å²) >= 11 is 0. The second-order valence-electron chi connectivity index (χ2n) is 9.61. The number of rotatable bonds is 5. The Morgan fingerprint density at radius 3 is 2.41 bits per heavy atom. The van der Waals surface area contributed by atoms with Gasteiger partial charge >= 0.3 is 5.76 Å². The number of piperidine rings is 1. The lowest BCUT2D eigenvalue weighted by molar-refractivity contribution is -0.122. The van der Waals surface area contributed by atoms with Crippen molar-refractivity contribution in [2.45, 2.75) is 76.3 Å². The molecule has 0 radical (unpaired) electrons. The van der Waals surface area contributed by atoms with Crippen molar-refractivity contribution in [2.24, 2.45) is 11.8 Å². The molecule has 2 heterocycles. The summed E-state index contributed by atoms with van der Waals surface area (Å²) in [5, 5.41) is 3.03. The molecule has 2 atom stereocenters. The van der Waals surface area contributed by atoms with E-state index in [0.717, 1.165) is 32.1 Å². The van der Waals surface area contributed by atoms with E-state index in [-0.39, 0.29) is 29.0 Å². The molecule has 9 heteroatoms. The van der Waals surface area contributed by atoms with Crippen LogP contribution in [-0.4, -0.2) is 42.3 Å². The minimum atomic E-state index is -3.69. The molecule has 1 aliphatic carbocycles. The van der Waals surface area contributed by atoms with Gasteiger partial charge in [-0.2, -0.15) is 4.31 Å². The van der Waals surface area contributed by atoms with Crippen LogP contribution in [0.5, 0.6) is 0 Å². The standard InChI is InChI=1S/C23H33N3O5S/c1-16-11-17(2)14-25(13-16)32(29,30)19-9-10-20-21(12-19)31-23(28)26(20)15-22(27)24-18-7-5-3-4-6-8-18/h9-10,12,16-18H,3-8,11,13-15H2,1-2H3,(H,24,27)/t16-,17-/m0/s1. The fraction of sp³-hybridized carbons (Fsp3) is 0.652. The Hall–Kier alpha value is -2.13. The Bertz CT molecular complexity index is 1120. The van der Waals surface area contributed by atoms with Crippen LogP contribution in [0, 0.1) is 11.8 Å². The first kappa shape index (κ1) is 23.0. The molecule has 0 unspecified atom stereocenters. The van der Waals surface area contributed by atoms with Gasteiger partial charge in [0.05, 0.1) is 10.4 Å². The highest BCUT2D eigenvalue weighted by atomic mass is 32.2. The number of carbonyl (C=O) groups is 1. The van der Waals surface area contributed by atoms with Crippen molar-refractivity contribution in [2.75, 3.05) is 13.1 Å². The summed E-state index contributed by atoms with van der Waals surface area (Å²) in [5.74, 6) is -0.299. The van der Waals surface area contributed by atoms with Crippen LogP contribution in [0.25, 0.3) is 11.1 Å². The predicted octanol–water partition coefficient (Wildman–Crippen LogP) is 3.10. The van der Waals surface area contributed by atoms with Gasteiger partial charge in [-0.25, -0.2) is 13.2 Å². The van der Waals surface area contributed by atoms with Crippen molar-refractivity contribution in [3.05, 3.63) is 28.7 Å². The summed E-state index contributed by atoms with van der Waals surface area (Å²) in [7, 11) is -3.69. The van der Waals surface area contributed by atoms with Gasteiger partial charge < -0.3 is 9.73 Å². The van der Waals surface area contributed by atoms with Gasteiger partial charge in [-0.05, 0) is 43.2 Å². The second kappa shape index (κ2) is 9.39. The van der Waals surface area contributed by atoms with Crippen LogP contribution in [-0.2, 0) is 21.4 Å². The summed E-state index contributed by atoms with van der Waals surface area (Å²) < 4.78 is 34.5. The van der Waals surface area contributed by atoms with Crippen molar-refractivity contribution in [3.63, 3.8) is 0 Å². The molecule has 1 amide bonds. The normalized spacial score (nSPS) is 23.8. The van der Waals surface area contributed by atoms with Gasteiger partial charge in [0.15, 0.2) is 5.58 Å². The molecule has 4 rings (SSSR count). The smallest absolute Gasteiger partial charge is 0.408 e. The molecule has 0 bridgehead atoms. The molecule has 8 nitrogen and oxygen atoms in total. The van der Waals surface area contributed by atoms with Gasteiger partial charge in [0.2, 0.25) is 15.9 Å². The number of amides is 1. The van der Waals surface area contributed by atoms with Crippen molar-refractivity contribution >= 4 is 27.0 Å². The van der Waals surface area contributed by atoms with E-state index in [4.69, 9.17) is 4.42 Å². The average Bonchev–Trinajstić information content (AvgIpc) is 2.88. The van der Waals surface area contributed by atoms with E-state index >= 15 is 0 Å². The van der Waals surface area contributed by atoms with Crippen LogP contribution >= 0.6 is 0 Å². The molecule has 1 aliphatic heterocycles. The molecule has 1 aromatic heterocycles. The van der Waals surface area contributed by atoms with Crippen LogP contribution < -0.4 is 11.1 Å². The molecule has 0 spiro atoms. The zero-order valence-corrected chi connectivity index (χ0v) is 19.7. The quantitative estimate of drug-likeness (QED) is 0.687. The van der Waals surface area contributed by atoms with Crippen LogP contribution in [0.1, 0.15) is 58.8 Å². The molecule has 2 aliphatic rings. The van der Waals surface area contributed by atoms with Gasteiger partial charge in [0.25, 0.3) is 0 Å². The van der Waals surface area contributed by atoms with E-state index in [0.29, 0.717) is 30.4 Å². The highest BCUT2D eigenvalue weighted by Crippen LogP contribution is 2.28. The molecule has 32 heavy (non-hydrogen) atoms. The highest BCUT2D eigenvalue weighted by Gasteiger charge is 2.32. The SMILES string of the molecule is C[C@H]1C[C@H](C)CN(S(=O)(=O)c2ccc3c(c2)oc(=O)n3CC(=O)NC2CCCCCC2)C1. The third kappa shape index (κ3) is 4.93. The summed E-state index contributed by atoms with van der Waals surface area (Å²) in [6.45, 7) is 4.94. The van der Waals surface area contributed by atoms with Crippen molar-refractivity contribution in [1.82, 2.24) is 14.2 Å². The third-order valence-electron chi connectivity index (χ3n) is 6.63. The van der Waals surface area contributed by atoms with Crippen LogP contribution in [0.3, 0.4) is 0 Å². The fourth-order valence-corrected chi connectivity index (χ4v) is 6.84. The van der Waals surface area contributed by atoms with E-state index in [1.54, 1.807) is 6.07 Å². The van der Waals surface area contributed by atoms with Crippen molar-refractivity contribution in [3.8, 4) is 0 Å². The Kier molecular flexibility index (Phi) is 6.76. The first-order chi connectivity index (χ1) is 15.2.